The lowest BCUT2D eigenvalue weighted by atomic mass is 10.1. The van der Waals surface area contributed by atoms with Crippen molar-refractivity contribution in [2.45, 2.75) is 34.1 Å². The van der Waals surface area contributed by atoms with Crippen LogP contribution in [0, 0.1) is 12.8 Å². The number of hydrogen-bond donors (Lipinski definition) is 2. The minimum absolute atomic E-state index is 0.0103. The van der Waals surface area contributed by atoms with Crippen LogP contribution < -0.4 is 15.4 Å². The van der Waals surface area contributed by atoms with E-state index in [1.807, 2.05) is 39.0 Å². The molecule has 0 fully saturated rings. The van der Waals surface area contributed by atoms with Crippen LogP contribution in [0.3, 0.4) is 0 Å². The zero-order chi connectivity index (χ0) is 15.0. The second-order valence-corrected chi connectivity index (χ2v) is 5.05. The Morgan fingerprint density at radius 1 is 1.35 bits per heavy atom. The minimum Gasteiger partial charge on any atom is -0.491 e. The molecule has 1 aromatic rings. The lowest BCUT2D eigenvalue weighted by Gasteiger charge is -2.16. The Morgan fingerprint density at radius 3 is 2.75 bits per heavy atom. The maximum absolute atomic E-state index is 12.1. The Bertz CT molecular complexity index is 432. The molecule has 1 aromatic carbocycles. The standard InChI is InChI=1S/C16H26N2O2/c1-5-9-20-15-10-12(3)7-8-14(15)18-16(19)13(4)11-17-6-2/h7-8,10,13,17H,5-6,9,11H2,1-4H3,(H,18,19). The molecule has 112 valence electrons. The largest absolute Gasteiger partial charge is 0.491 e. The first-order valence-corrected chi connectivity index (χ1v) is 7.33. The van der Waals surface area contributed by atoms with E-state index in [2.05, 4.69) is 17.6 Å². The van der Waals surface area contributed by atoms with Gasteiger partial charge in [-0.05, 0) is 37.6 Å². The first-order valence-electron chi connectivity index (χ1n) is 7.33. The van der Waals surface area contributed by atoms with E-state index in [0.717, 1.165) is 30.0 Å². The summed E-state index contributed by atoms with van der Waals surface area (Å²) < 4.78 is 5.70. The van der Waals surface area contributed by atoms with Gasteiger partial charge in [-0.3, -0.25) is 4.79 Å². The van der Waals surface area contributed by atoms with Gasteiger partial charge >= 0.3 is 0 Å². The van der Waals surface area contributed by atoms with Crippen LogP contribution in [0.2, 0.25) is 0 Å². The summed E-state index contributed by atoms with van der Waals surface area (Å²) in [6.07, 6.45) is 0.943. The SMILES string of the molecule is CCCOc1cc(C)ccc1NC(=O)C(C)CNCC. The molecule has 0 aliphatic heterocycles. The molecule has 0 radical (unpaired) electrons. The highest BCUT2D eigenvalue weighted by atomic mass is 16.5. The van der Waals surface area contributed by atoms with Crippen molar-refractivity contribution in [3.8, 4) is 5.75 Å². The first kappa shape index (κ1) is 16.5. The van der Waals surface area contributed by atoms with Gasteiger partial charge < -0.3 is 15.4 Å². The van der Waals surface area contributed by atoms with Crippen LogP contribution in [0.1, 0.15) is 32.8 Å². The second-order valence-electron chi connectivity index (χ2n) is 5.05. The van der Waals surface area contributed by atoms with Crippen LogP contribution >= 0.6 is 0 Å². The molecule has 4 heteroatoms. The summed E-state index contributed by atoms with van der Waals surface area (Å²) in [5.41, 5.74) is 1.87. The van der Waals surface area contributed by atoms with Crippen molar-refractivity contribution < 1.29 is 9.53 Å². The number of carbonyl (C=O) groups excluding carboxylic acids is 1. The van der Waals surface area contributed by atoms with Crippen molar-refractivity contribution in [3.05, 3.63) is 23.8 Å². The average Bonchev–Trinajstić information content (AvgIpc) is 2.44. The smallest absolute Gasteiger partial charge is 0.228 e. The second kappa shape index (κ2) is 8.59. The predicted molar refractivity (Wildman–Crippen MR) is 83.3 cm³/mol. The van der Waals surface area contributed by atoms with E-state index in [-0.39, 0.29) is 11.8 Å². The third-order valence-electron chi connectivity index (χ3n) is 3.00. The van der Waals surface area contributed by atoms with E-state index in [1.165, 1.54) is 0 Å². The molecule has 0 heterocycles. The topological polar surface area (TPSA) is 50.4 Å². The van der Waals surface area contributed by atoms with Gasteiger partial charge in [0.1, 0.15) is 5.75 Å². The molecular formula is C16H26N2O2. The van der Waals surface area contributed by atoms with Crippen molar-refractivity contribution in [2.75, 3.05) is 25.0 Å². The summed E-state index contributed by atoms with van der Waals surface area (Å²) in [5.74, 6) is 0.683. The fourth-order valence-corrected chi connectivity index (χ4v) is 1.77. The number of nitrogens with one attached hydrogen (secondary N) is 2. The van der Waals surface area contributed by atoms with Crippen LogP contribution in [0.15, 0.2) is 18.2 Å². The van der Waals surface area contributed by atoms with Gasteiger partial charge in [-0.1, -0.05) is 26.8 Å². The Kier molecular flexibility index (Phi) is 7.09. The van der Waals surface area contributed by atoms with E-state index in [1.54, 1.807) is 0 Å². The Morgan fingerprint density at radius 2 is 2.10 bits per heavy atom. The van der Waals surface area contributed by atoms with E-state index in [4.69, 9.17) is 4.74 Å². The quantitative estimate of drug-likeness (QED) is 0.768. The maximum atomic E-state index is 12.1. The lowest BCUT2D eigenvalue weighted by molar-refractivity contribution is -0.119. The van der Waals surface area contributed by atoms with Gasteiger partial charge in [-0.2, -0.15) is 0 Å². The Hall–Kier alpha value is -1.55. The van der Waals surface area contributed by atoms with Gasteiger partial charge in [-0.25, -0.2) is 0 Å². The molecule has 0 bridgehead atoms. The monoisotopic (exact) mass is 278 g/mol. The number of carbonyl (C=O) groups is 1. The molecule has 1 atom stereocenters. The number of hydrogen-bond acceptors (Lipinski definition) is 3. The highest BCUT2D eigenvalue weighted by Gasteiger charge is 2.14. The van der Waals surface area contributed by atoms with Crippen LogP contribution in [0.4, 0.5) is 5.69 Å². The summed E-state index contributed by atoms with van der Waals surface area (Å²) >= 11 is 0. The molecule has 0 saturated carbocycles. The molecule has 0 aliphatic carbocycles. The number of aryl methyl sites for hydroxylation is 1. The molecule has 1 amide bonds. The normalized spacial score (nSPS) is 12.0. The third-order valence-corrected chi connectivity index (χ3v) is 3.00. The van der Waals surface area contributed by atoms with Crippen LogP contribution in [0.25, 0.3) is 0 Å². The summed E-state index contributed by atoms with van der Waals surface area (Å²) in [4.78, 5) is 12.1. The molecular weight excluding hydrogens is 252 g/mol. The van der Waals surface area contributed by atoms with Crippen molar-refractivity contribution in [1.29, 1.82) is 0 Å². The van der Waals surface area contributed by atoms with E-state index in [9.17, 15) is 4.79 Å². The molecule has 0 saturated heterocycles. The minimum atomic E-state index is -0.0738. The average molecular weight is 278 g/mol. The Balaban J connectivity index is 2.72. The van der Waals surface area contributed by atoms with Crippen molar-refractivity contribution in [1.82, 2.24) is 5.32 Å². The van der Waals surface area contributed by atoms with Gasteiger partial charge in [0.05, 0.1) is 12.3 Å². The maximum Gasteiger partial charge on any atom is 0.228 e. The molecule has 4 nitrogen and oxygen atoms in total. The fraction of sp³-hybridized carbons (Fsp3) is 0.562. The summed E-state index contributed by atoms with van der Waals surface area (Å²) in [6.45, 7) is 10.2. The van der Waals surface area contributed by atoms with Crippen LogP contribution in [0.5, 0.6) is 5.75 Å². The molecule has 2 N–H and O–H groups in total. The van der Waals surface area contributed by atoms with Gasteiger partial charge in [-0.15, -0.1) is 0 Å². The molecule has 0 spiro atoms. The number of ether oxygens (including phenoxy) is 1. The van der Waals surface area contributed by atoms with Crippen LogP contribution in [-0.4, -0.2) is 25.6 Å². The lowest BCUT2D eigenvalue weighted by Crippen LogP contribution is -2.30. The molecule has 1 unspecified atom stereocenters. The highest BCUT2D eigenvalue weighted by molar-refractivity contribution is 5.93. The number of anilines is 1. The van der Waals surface area contributed by atoms with Crippen molar-refractivity contribution in [3.63, 3.8) is 0 Å². The van der Waals surface area contributed by atoms with Crippen LogP contribution in [-0.2, 0) is 4.79 Å². The van der Waals surface area contributed by atoms with Gasteiger partial charge in [0.15, 0.2) is 0 Å². The third kappa shape index (κ3) is 5.21. The number of amides is 1. The predicted octanol–water partition coefficient (Wildman–Crippen LogP) is 2.97. The van der Waals surface area contributed by atoms with Gasteiger partial charge in [0.2, 0.25) is 5.91 Å². The zero-order valence-electron chi connectivity index (χ0n) is 13.0. The molecule has 0 aromatic heterocycles. The number of rotatable bonds is 8. The molecule has 0 aliphatic rings. The summed E-state index contributed by atoms with van der Waals surface area (Å²) in [5, 5.41) is 6.13. The van der Waals surface area contributed by atoms with Crippen molar-refractivity contribution in [2.24, 2.45) is 5.92 Å². The Labute approximate surface area is 121 Å². The van der Waals surface area contributed by atoms with E-state index >= 15 is 0 Å². The summed E-state index contributed by atoms with van der Waals surface area (Å²) in [7, 11) is 0. The van der Waals surface area contributed by atoms with Gasteiger partial charge in [0.25, 0.3) is 0 Å². The van der Waals surface area contributed by atoms with Gasteiger partial charge in [0, 0.05) is 12.5 Å². The van der Waals surface area contributed by atoms with E-state index in [0.29, 0.717) is 13.2 Å². The first-order chi connectivity index (χ1) is 9.58. The van der Waals surface area contributed by atoms with Crippen molar-refractivity contribution >= 4 is 11.6 Å². The zero-order valence-corrected chi connectivity index (χ0v) is 13.0. The van der Waals surface area contributed by atoms with E-state index < -0.39 is 0 Å². The number of benzene rings is 1. The summed E-state index contributed by atoms with van der Waals surface area (Å²) in [6, 6.07) is 5.84. The highest BCUT2D eigenvalue weighted by Crippen LogP contribution is 2.26. The molecule has 20 heavy (non-hydrogen) atoms. The fourth-order valence-electron chi connectivity index (χ4n) is 1.77. The molecule has 1 rings (SSSR count).